The average Bonchev–Trinajstić information content (AvgIpc) is 2.84. The highest BCUT2D eigenvalue weighted by Gasteiger charge is 2.22. The monoisotopic (exact) mass is 265 g/mol. The normalized spacial score (nSPS) is 12.9. The molecular formula is C15H17F2NO. The maximum Gasteiger partial charge on any atom is 0.131 e. The van der Waals surface area contributed by atoms with Gasteiger partial charge in [0.25, 0.3) is 0 Å². The van der Waals surface area contributed by atoms with E-state index in [4.69, 9.17) is 4.42 Å². The fourth-order valence-corrected chi connectivity index (χ4v) is 2.01. The Morgan fingerprint density at radius 3 is 2.47 bits per heavy atom. The molecule has 0 spiro atoms. The minimum atomic E-state index is -0.572. The summed E-state index contributed by atoms with van der Waals surface area (Å²) in [5.74, 6) is -0.500. The van der Waals surface area contributed by atoms with Gasteiger partial charge in [0, 0.05) is 17.7 Å². The van der Waals surface area contributed by atoms with Crippen LogP contribution in [0.1, 0.15) is 36.8 Å². The molecule has 19 heavy (non-hydrogen) atoms. The maximum atomic E-state index is 14.0. The Hall–Kier alpha value is -1.68. The van der Waals surface area contributed by atoms with Crippen LogP contribution in [0.3, 0.4) is 0 Å². The van der Waals surface area contributed by atoms with E-state index in [0.717, 1.165) is 6.07 Å². The van der Waals surface area contributed by atoms with Crippen LogP contribution in [0.15, 0.2) is 34.9 Å². The summed E-state index contributed by atoms with van der Waals surface area (Å²) in [7, 11) is 0. The lowest BCUT2D eigenvalue weighted by Crippen LogP contribution is -2.29. The third-order valence-electron chi connectivity index (χ3n) is 2.92. The number of hydrogen-bond acceptors (Lipinski definition) is 2. The summed E-state index contributed by atoms with van der Waals surface area (Å²) in [6.45, 7) is 5.54. The van der Waals surface area contributed by atoms with E-state index in [1.165, 1.54) is 6.07 Å². The van der Waals surface area contributed by atoms with Crippen LogP contribution in [0.5, 0.6) is 0 Å². The molecule has 1 atom stereocenters. The number of halogens is 2. The zero-order chi connectivity index (χ0) is 14.0. The van der Waals surface area contributed by atoms with E-state index in [9.17, 15) is 8.78 Å². The van der Waals surface area contributed by atoms with Gasteiger partial charge in [0.15, 0.2) is 0 Å². The Balaban J connectivity index is 2.46. The van der Waals surface area contributed by atoms with Gasteiger partial charge in [-0.3, -0.25) is 0 Å². The van der Waals surface area contributed by atoms with Crippen LogP contribution in [-0.4, -0.2) is 6.04 Å². The molecule has 0 fully saturated rings. The van der Waals surface area contributed by atoms with Crippen LogP contribution in [0, 0.1) is 18.6 Å². The van der Waals surface area contributed by atoms with Gasteiger partial charge in [-0.1, -0.05) is 0 Å². The first-order valence-electron chi connectivity index (χ1n) is 6.24. The van der Waals surface area contributed by atoms with Crippen LogP contribution in [0.2, 0.25) is 0 Å². The van der Waals surface area contributed by atoms with Gasteiger partial charge in [-0.05, 0) is 44.5 Å². The third kappa shape index (κ3) is 3.01. The second-order valence-corrected chi connectivity index (χ2v) is 4.89. The Morgan fingerprint density at radius 1 is 1.16 bits per heavy atom. The Morgan fingerprint density at radius 2 is 1.89 bits per heavy atom. The van der Waals surface area contributed by atoms with E-state index in [0.29, 0.717) is 16.9 Å². The summed E-state index contributed by atoms with van der Waals surface area (Å²) in [6, 6.07) is 5.68. The molecule has 0 saturated heterocycles. The zero-order valence-corrected chi connectivity index (χ0v) is 11.2. The molecule has 1 aromatic heterocycles. The summed E-state index contributed by atoms with van der Waals surface area (Å²) in [5.41, 5.74) is 0.807. The van der Waals surface area contributed by atoms with E-state index < -0.39 is 17.7 Å². The first kappa shape index (κ1) is 13.7. The molecule has 4 heteroatoms. The first-order chi connectivity index (χ1) is 8.99. The lowest BCUT2D eigenvalue weighted by Gasteiger charge is -2.21. The number of nitrogens with one attached hydrogen (secondary N) is 1. The molecule has 0 aliphatic rings. The van der Waals surface area contributed by atoms with Crippen LogP contribution >= 0.6 is 0 Å². The predicted octanol–water partition coefficient (Wildman–Crippen LogP) is 3.95. The van der Waals surface area contributed by atoms with Gasteiger partial charge in [0.2, 0.25) is 0 Å². The molecule has 0 saturated carbocycles. The fraction of sp³-hybridized carbons (Fsp3) is 0.333. The summed E-state index contributed by atoms with van der Waals surface area (Å²) in [5, 5.41) is 3.23. The predicted molar refractivity (Wildman–Crippen MR) is 69.9 cm³/mol. The van der Waals surface area contributed by atoms with Crippen LogP contribution in [0.25, 0.3) is 0 Å². The first-order valence-corrected chi connectivity index (χ1v) is 6.24. The SMILES string of the molecule is Cc1cc(C(NC(C)C)c2ccco2)c(F)cc1F. The molecule has 2 nitrogen and oxygen atoms in total. The highest BCUT2D eigenvalue weighted by atomic mass is 19.1. The van der Waals surface area contributed by atoms with Gasteiger partial charge in [0.05, 0.1) is 12.3 Å². The molecular weight excluding hydrogens is 248 g/mol. The molecule has 0 bridgehead atoms. The lowest BCUT2D eigenvalue weighted by molar-refractivity contribution is 0.413. The van der Waals surface area contributed by atoms with Crippen molar-refractivity contribution in [2.75, 3.05) is 0 Å². The van der Waals surface area contributed by atoms with Crippen molar-refractivity contribution >= 4 is 0 Å². The maximum absolute atomic E-state index is 14.0. The molecule has 1 unspecified atom stereocenters. The van der Waals surface area contributed by atoms with Crippen molar-refractivity contribution in [1.82, 2.24) is 5.32 Å². The number of hydrogen-bond donors (Lipinski definition) is 1. The molecule has 2 aromatic rings. The summed E-state index contributed by atoms with van der Waals surface area (Å²) < 4.78 is 32.7. The molecule has 1 N–H and O–H groups in total. The molecule has 1 heterocycles. The summed E-state index contributed by atoms with van der Waals surface area (Å²) in [4.78, 5) is 0. The van der Waals surface area contributed by atoms with Gasteiger partial charge in [-0.2, -0.15) is 0 Å². The van der Waals surface area contributed by atoms with Gasteiger partial charge in [0.1, 0.15) is 17.4 Å². The van der Waals surface area contributed by atoms with E-state index in [1.807, 2.05) is 13.8 Å². The van der Waals surface area contributed by atoms with Crippen molar-refractivity contribution in [3.8, 4) is 0 Å². The van der Waals surface area contributed by atoms with E-state index in [-0.39, 0.29) is 6.04 Å². The molecule has 0 amide bonds. The minimum absolute atomic E-state index is 0.139. The minimum Gasteiger partial charge on any atom is -0.467 e. The van der Waals surface area contributed by atoms with E-state index in [2.05, 4.69) is 5.32 Å². The van der Waals surface area contributed by atoms with Crippen LogP contribution < -0.4 is 5.32 Å². The third-order valence-corrected chi connectivity index (χ3v) is 2.92. The fourth-order valence-electron chi connectivity index (χ4n) is 2.01. The van der Waals surface area contributed by atoms with Crippen molar-refractivity contribution in [1.29, 1.82) is 0 Å². The number of rotatable bonds is 4. The van der Waals surface area contributed by atoms with Gasteiger partial charge in [-0.25, -0.2) is 8.78 Å². The average molecular weight is 265 g/mol. The zero-order valence-electron chi connectivity index (χ0n) is 11.2. The van der Waals surface area contributed by atoms with Gasteiger partial charge in [-0.15, -0.1) is 0 Å². The largest absolute Gasteiger partial charge is 0.467 e. The Kier molecular flexibility index (Phi) is 4.00. The number of aryl methyl sites for hydroxylation is 1. The molecule has 0 aliphatic carbocycles. The molecule has 0 aliphatic heterocycles. The van der Waals surface area contributed by atoms with Crippen molar-refractivity contribution < 1.29 is 13.2 Å². The Labute approximate surface area is 111 Å². The van der Waals surface area contributed by atoms with Gasteiger partial charge < -0.3 is 9.73 Å². The second-order valence-electron chi connectivity index (χ2n) is 4.89. The molecule has 0 radical (unpaired) electrons. The quantitative estimate of drug-likeness (QED) is 0.905. The van der Waals surface area contributed by atoms with Crippen LogP contribution in [0.4, 0.5) is 8.78 Å². The van der Waals surface area contributed by atoms with Crippen molar-refractivity contribution in [3.05, 3.63) is 59.1 Å². The smallest absolute Gasteiger partial charge is 0.131 e. The molecule has 1 aromatic carbocycles. The van der Waals surface area contributed by atoms with E-state index >= 15 is 0 Å². The highest BCUT2D eigenvalue weighted by molar-refractivity contribution is 5.32. The van der Waals surface area contributed by atoms with E-state index in [1.54, 1.807) is 25.3 Å². The van der Waals surface area contributed by atoms with Crippen molar-refractivity contribution in [2.45, 2.75) is 32.9 Å². The standard InChI is InChI=1S/C15H17F2NO/c1-9(2)18-15(14-5-4-6-19-14)11-7-10(3)12(16)8-13(11)17/h4-9,15,18H,1-3H3. The Bertz CT molecular complexity index is 550. The molecule has 102 valence electrons. The topological polar surface area (TPSA) is 25.2 Å². The van der Waals surface area contributed by atoms with Crippen molar-refractivity contribution in [2.24, 2.45) is 0 Å². The van der Waals surface area contributed by atoms with Crippen LogP contribution in [-0.2, 0) is 0 Å². The number of benzene rings is 1. The number of furan rings is 1. The lowest BCUT2D eigenvalue weighted by atomic mass is 10.0. The highest BCUT2D eigenvalue weighted by Crippen LogP contribution is 2.27. The summed E-state index contributed by atoms with van der Waals surface area (Å²) >= 11 is 0. The summed E-state index contributed by atoms with van der Waals surface area (Å²) in [6.07, 6.45) is 1.54. The molecule has 2 rings (SSSR count). The second kappa shape index (κ2) is 5.53. The van der Waals surface area contributed by atoms with Crippen molar-refractivity contribution in [3.63, 3.8) is 0 Å². The van der Waals surface area contributed by atoms with Gasteiger partial charge >= 0.3 is 0 Å².